The van der Waals surface area contributed by atoms with Gasteiger partial charge in [0.1, 0.15) is 0 Å². The van der Waals surface area contributed by atoms with Gasteiger partial charge in [-0.1, -0.05) is 43.9 Å². The van der Waals surface area contributed by atoms with Gasteiger partial charge in [0.05, 0.1) is 10.3 Å². The second-order valence-electron chi connectivity index (χ2n) is 8.83. The highest BCUT2D eigenvalue weighted by atomic mass is 32.2. The molecule has 3 aromatic rings. The quantitative estimate of drug-likeness (QED) is 0.503. The monoisotopic (exact) mass is 482 g/mol. The van der Waals surface area contributed by atoms with Crippen molar-refractivity contribution in [3.05, 3.63) is 71.5 Å². The lowest BCUT2D eigenvalue weighted by Crippen LogP contribution is -2.31. The lowest BCUT2D eigenvalue weighted by atomic mass is 9.87. The van der Waals surface area contributed by atoms with Crippen molar-refractivity contribution in [3.8, 4) is 0 Å². The third-order valence-electron chi connectivity index (χ3n) is 6.91. The van der Waals surface area contributed by atoms with E-state index < -0.39 is 15.4 Å². The van der Waals surface area contributed by atoms with E-state index in [9.17, 15) is 13.2 Å². The van der Waals surface area contributed by atoms with E-state index in [-0.39, 0.29) is 23.3 Å². The first kappa shape index (κ1) is 22.2. The minimum Gasteiger partial charge on any atom is -0.301 e. The summed E-state index contributed by atoms with van der Waals surface area (Å²) in [5.41, 5.74) is 1.04. The number of amides is 1. The van der Waals surface area contributed by atoms with Crippen LogP contribution in [-0.4, -0.2) is 24.3 Å². The highest BCUT2D eigenvalue weighted by Gasteiger charge is 2.63. The largest absolute Gasteiger partial charge is 0.301 e. The van der Waals surface area contributed by atoms with Gasteiger partial charge in [0.2, 0.25) is 15.9 Å². The van der Waals surface area contributed by atoms with E-state index in [1.807, 2.05) is 11.4 Å². The molecule has 0 unspecified atom stereocenters. The maximum atomic E-state index is 13.4. The van der Waals surface area contributed by atoms with Crippen LogP contribution < -0.4 is 10.0 Å². The highest BCUT2D eigenvalue weighted by molar-refractivity contribution is 7.89. The molecule has 33 heavy (non-hydrogen) atoms. The van der Waals surface area contributed by atoms with Crippen molar-refractivity contribution in [1.82, 2.24) is 14.7 Å². The number of hydrogen-bond acceptors (Lipinski definition) is 6. The van der Waals surface area contributed by atoms with Crippen LogP contribution in [0.4, 0.5) is 5.13 Å². The molecule has 0 aliphatic heterocycles. The van der Waals surface area contributed by atoms with Crippen molar-refractivity contribution in [2.24, 2.45) is 11.8 Å². The van der Waals surface area contributed by atoms with Crippen LogP contribution in [0.5, 0.6) is 0 Å². The summed E-state index contributed by atoms with van der Waals surface area (Å²) in [6.45, 7) is 0.168. The van der Waals surface area contributed by atoms with Crippen LogP contribution in [0.2, 0.25) is 0 Å². The molecule has 0 bridgehead atoms. The van der Waals surface area contributed by atoms with Crippen LogP contribution in [0.1, 0.15) is 43.2 Å². The molecular formula is C24H26N4O3S2. The minimum atomic E-state index is -3.68. The van der Waals surface area contributed by atoms with Crippen molar-refractivity contribution in [1.29, 1.82) is 0 Å². The zero-order valence-corrected chi connectivity index (χ0v) is 19.7. The molecule has 2 aliphatic rings. The molecule has 2 heterocycles. The van der Waals surface area contributed by atoms with Crippen LogP contribution in [0.3, 0.4) is 0 Å². The average molecular weight is 483 g/mol. The van der Waals surface area contributed by atoms with Gasteiger partial charge in [-0.25, -0.2) is 18.1 Å². The van der Waals surface area contributed by atoms with Crippen molar-refractivity contribution in [3.63, 3.8) is 0 Å². The molecule has 2 N–H and O–H groups in total. The van der Waals surface area contributed by atoms with Crippen LogP contribution in [-0.2, 0) is 26.8 Å². The predicted molar refractivity (Wildman–Crippen MR) is 127 cm³/mol. The fraction of sp³-hybridized carbons (Fsp3) is 0.375. The molecule has 5 rings (SSSR count). The number of sulfonamides is 1. The second kappa shape index (κ2) is 8.96. The lowest BCUT2D eigenvalue weighted by molar-refractivity contribution is -0.119. The van der Waals surface area contributed by atoms with E-state index in [1.165, 1.54) is 24.2 Å². The van der Waals surface area contributed by atoms with Crippen LogP contribution in [0, 0.1) is 11.8 Å². The Kier molecular flexibility index (Phi) is 6.03. The molecule has 2 aliphatic carbocycles. The normalized spacial score (nSPS) is 22.8. The van der Waals surface area contributed by atoms with Crippen molar-refractivity contribution >= 4 is 32.4 Å². The van der Waals surface area contributed by atoms with Gasteiger partial charge in [-0.15, -0.1) is 11.3 Å². The number of thiazole rings is 1. The number of rotatable bonds is 8. The standard InChI is InChI=1S/C24H26N4O3S2/c29-22(28-23-26-12-13-32-23)24(14-21(24)18-5-1-2-6-18)19-7-9-20(10-8-19)33(30,31)27-16-17-4-3-11-25-15-17/h3-4,7-13,15,18,21,27H,1-2,5-6,14,16H2,(H,26,28,29)/t21-,24-/m0/s1. The Hall–Kier alpha value is -2.62. The zero-order valence-electron chi connectivity index (χ0n) is 18.1. The summed E-state index contributed by atoms with van der Waals surface area (Å²) in [5.74, 6) is 0.780. The van der Waals surface area contributed by atoms with Gasteiger partial charge >= 0.3 is 0 Å². The van der Waals surface area contributed by atoms with Gasteiger partial charge in [0.25, 0.3) is 0 Å². The summed E-state index contributed by atoms with van der Waals surface area (Å²) < 4.78 is 28.2. The number of carbonyl (C=O) groups excluding carboxylic acids is 1. The number of anilines is 1. The third kappa shape index (κ3) is 4.45. The molecular weight excluding hydrogens is 456 g/mol. The smallest absolute Gasteiger partial charge is 0.240 e. The van der Waals surface area contributed by atoms with Gasteiger partial charge in [0.15, 0.2) is 5.13 Å². The molecule has 9 heteroatoms. The Morgan fingerprint density at radius 2 is 1.91 bits per heavy atom. The van der Waals surface area contributed by atoms with E-state index in [4.69, 9.17) is 0 Å². The van der Waals surface area contributed by atoms with Crippen molar-refractivity contribution < 1.29 is 13.2 Å². The van der Waals surface area contributed by atoms with E-state index in [1.54, 1.807) is 48.9 Å². The number of pyridine rings is 1. The Morgan fingerprint density at radius 3 is 2.58 bits per heavy atom. The summed E-state index contributed by atoms with van der Waals surface area (Å²) in [7, 11) is -3.68. The SMILES string of the molecule is O=C(Nc1nccs1)[C@]1(c2ccc(S(=O)(=O)NCc3cccnc3)cc2)C[C@H]1C1CCCC1. The summed E-state index contributed by atoms with van der Waals surface area (Å²) in [6, 6.07) is 10.4. The number of aromatic nitrogens is 2. The molecule has 0 saturated heterocycles. The van der Waals surface area contributed by atoms with Crippen molar-refractivity contribution in [2.75, 3.05) is 5.32 Å². The van der Waals surface area contributed by atoms with E-state index in [2.05, 4.69) is 20.0 Å². The number of benzene rings is 1. The van der Waals surface area contributed by atoms with Crippen LogP contribution in [0.15, 0.2) is 65.3 Å². The number of nitrogens with zero attached hydrogens (tertiary/aromatic N) is 2. The molecule has 1 amide bonds. The molecule has 2 saturated carbocycles. The highest BCUT2D eigenvalue weighted by Crippen LogP contribution is 2.61. The Balaban J connectivity index is 1.37. The minimum absolute atomic E-state index is 0.0420. The predicted octanol–water partition coefficient (Wildman–Crippen LogP) is 4.10. The van der Waals surface area contributed by atoms with Gasteiger partial charge in [-0.2, -0.15) is 0 Å². The molecule has 2 aromatic heterocycles. The molecule has 1 aromatic carbocycles. The summed E-state index contributed by atoms with van der Waals surface area (Å²) in [6.07, 6.45) is 10.5. The number of carbonyl (C=O) groups is 1. The molecule has 2 fully saturated rings. The van der Waals surface area contributed by atoms with Gasteiger partial charge in [0, 0.05) is 30.5 Å². The van der Waals surface area contributed by atoms with Crippen LogP contribution in [0.25, 0.3) is 0 Å². The molecule has 172 valence electrons. The first-order valence-corrected chi connectivity index (χ1v) is 13.6. The fourth-order valence-corrected chi connectivity index (χ4v) is 6.67. The Morgan fingerprint density at radius 1 is 1.12 bits per heavy atom. The maximum absolute atomic E-state index is 13.4. The molecule has 7 nitrogen and oxygen atoms in total. The van der Waals surface area contributed by atoms with Gasteiger partial charge in [-0.05, 0) is 47.6 Å². The average Bonchev–Trinajstić information content (AvgIpc) is 3.17. The first-order chi connectivity index (χ1) is 16.0. The summed E-state index contributed by atoms with van der Waals surface area (Å²) in [4.78, 5) is 21.8. The maximum Gasteiger partial charge on any atom is 0.240 e. The third-order valence-corrected chi connectivity index (χ3v) is 9.02. The van der Waals surface area contributed by atoms with E-state index in [0.717, 1.165) is 30.4 Å². The summed E-state index contributed by atoms with van der Waals surface area (Å²) in [5, 5.41) is 5.42. The zero-order chi connectivity index (χ0) is 22.9. The lowest BCUT2D eigenvalue weighted by Gasteiger charge is -2.20. The topological polar surface area (TPSA) is 101 Å². The van der Waals surface area contributed by atoms with E-state index in [0.29, 0.717) is 11.0 Å². The molecule has 0 spiro atoms. The number of nitrogens with one attached hydrogen (secondary N) is 2. The fourth-order valence-electron chi connectivity index (χ4n) is 5.13. The Bertz CT molecular complexity index is 1210. The summed E-state index contributed by atoms with van der Waals surface area (Å²) >= 11 is 1.40. The second-order valence-corrected chi connectivity index (χ2v) is 11.5. The molecule has 2 atom stereocenters. The van der Waals surface area contributed by atoms with Crippen LogP contribution >= 0.6 is 11.3 Å². The van der Waals surface area contributed by atoms with Crippen molar-refractivity contribution in [2.45, 2.75) is 49.0 Å². The van der Waals surface area contributed by atoms with Gasteiger partial charge < -0.3 is 5.32 Å². The van der Waals surface area contributed by atoms with E-state index >= 15 is 0 Å². The van der Waals surface area contributed by atoms with Gasteiger partial charge in [-0.3, -0.25) is 9.78 Å². The Labute approximate surface area is 197 Å². The molecule has 0 radical (unpaired) electrons. The number of hydrogen-bond donors (Lipinski definition) is 2. The first-order valence-electron chi connectivity index (χ1n) is 11.2.